The Hall–Kier alpha value is -1.97. The van der Waals surface area contributed by atoms with Crippen LogP contribution < -0.4 is 9.47 Å². The maximum atomic E-state index is 10.7. The number of rotatable bonds is 7. The van der Waals surface area contributed by atoms with Gasteiger partial charge < -0.3 is 14.6 Å². The molecule has 3 rings (SSSR count). The van der Waals surface area contributed by atoms with Crippen molar-refractivity contribution >= 4 is 5.97 Å². The first-order valence-corrected chi connectivity index (χ1v) is 9.32. The summed E-state index contributed by atoms with van der Waals surface area (Å²) in [5, 5.41) is 8.81. The lowest BCUT2D eigenvalue weighted by molar-refractivity contribution is -0.136. The monoisotopic (exact) mass is 344 g/mol. The van der Waals surface area contributed by atoms with Gasteiger partial charge in [0.2, 0.25) is 0 Å². The van der Waals surface area contributed by atoms with Crippen LogP contribution in [0, 0.1) is 5.41 Å². The van der Waals surface area contributed by atoms with E-state index in [0.717, 1.165) is 17.7 Å². The van der Waals surface area contributed by atoms with Crippen LogP contribution in [0.1, 0.15) is 56.9 Å². The first kappa shape index (κ1) is 17.8. The summed E-state index contributed by atoms with van der Waals surface area (Å²) in [6, 6.07) is 5.70. The minimum Gasteiger partial charge on any atom is -0.493 e. The van der Waals surface area contributed by atoms with Crippen LogP contribution in [0.4, 0.5) is 0 Å². The predicted molar refractivity (Wildman–Crippen MR) is 97.3 cm³/mol. The lowest BCUT2D eigenvalue weighted by atomic mass is 9.75. The van der Waals surface area contributed by atoms with Crippen molar-refractivity contribution in [2.45, 2.75) is 57.8 Å². The van der Waals surface area contributed by atoms with Gasteiger partial charge in [0.1, 0.15) is 6.61 Å². The highest BCUT2D eigenvalue weighted by molar-refractivity contribution is 5.67. The fraction of sp³-hybridized carbons (Fsp3) is 0.571. The Morgan fingerprint density at radius 1 is 1.16 bits per heavy atom. The van der Waals surface area contributed by atoms with Crippen LogP contribution in [0.15, 0.2) is 29.8 Å². The number of carbonyl (C=O) groups is 1. The quantitative estimate of drug-likeness (QED) is 0.725. The number of allylic oxidation sites excluding steroid dienone is 1. The van der Waals surface area contributed by atoms with Crippen LogP contribution in [0.3, 0.4) is 0 Å². The molecular weight excluding hydrogens is 316 g/mol. The third-order valence-corrected chi connectivity index (χ3v) is 5.55. The van der Waals surface area contributed by atoms with Crippen molar-refractivity contribution in [2.75, 3.05) is 13.7 Å². The second-order valence-electron chi connectivity index (χ2n) is 7.39. The highest BCUT2D eigenvalue weighted by Crippen LogP contribution is 2.47. The molecule has 136 valence electrons. The standard InChI is InChI=1S/C21H28O4/c1-24-19-13-16(7-9-20(22)23)6-8-18(19)25-15-17-5-4-12-21(14-17)10-2-3-11-21/h6,8,13-14H,2-5,7,9-12,15H2,1H3,(H,22,23). The smallest absolute Gasteiger partial charge is 0.303 e. The number of methoxy groups -OCH3 is 1. The largest absolute Gasteiger partial charge is 0.493 e. The molecule has 0 aliphatic heterocycles. The molecule has 0 radical (unpaired) electrons. The minimum absolute atomic E-state index is 0.123. The van der Waals surface area contributed by atoms with Gasteiger partial charge in [0, 0.05) is 6.42 Å². The van der Waals surface area contributed by atoms with Gasteiger partial charge in [-0.25, -0.2) is 0 Å². The van der Waals surface area contributed by atoms with Crippen LogP contribution in [-0.2, 0) is 11.2 Å². The van der Waals surface area contributed by atoms with Gasteiger partial charge in [0.05, 0.1) is 7.11 Å². The number of carboxylic acid groups (broad SMARTS) is 1. The van der Waals surface area contributed by atoms with E-state index in [-0.39, 0.29) is 6.42 Å². The molecule has 0 saturated heterocycles. The van der Waals surface area contributed by atoms with Crippen molar-refractivity contribution < 1.29 is 19.4 Å². The highest BCUT2D eigenvalue weighted by atomic mass is 16.5. The number of hydrogen-bond acceptors (Lipinski definition) is 3. The van der Waals surface area contributed by atoms with E-state index >= 15 is 0 Å². The Bertz CT molecular complexity index is 641. The SMILES string of the molecule is COc1cc(CCC(=O)O)ccc1OCC1=CC2(CCCC2)CCC1. The Morgan fingerprint density at radius 2 is 1.92 bits per heavy atom. The molecule has 0 unspecified atom stereocenters. The van der Waals surface area contributed by atoms with E-state index in [1.807, 2.05) is 18.2 Å². The van der Waals surface area contributed by atoms with Crippen molar-refractivity contribution in [1.29, 1.82) is 0 Å². The average molecular weight is 344 g/mol. The molecule has 1 fully saturated rings. The van der Waals surface area contributed by atoms with Gasteiger partial charge in [0.25, 0.3) is 0 Å². The van der Waals surface area contributed by atoms with E-state index in [1.54, 1.807) is 7.11 Å². The summed E-state index contributed by atoms with van der Waals surface area (Å²) in [4.78, 5) is 10.7. The van der Waals surface area contributed by atoms with E-state index in [4.69, 9.17) is 14.6 Å². The molecule has 0 amide bonds. The zero-order chi connectivity index (χ0) is 17.7. The summed E-state index contributed by atoms with van der Waals surface area (Å²) >= 11 is 0. The van der Waals surface area contributed by atoms with E-state index in [1.165, 1.54) is 44.1 Å². The number of ether oxygens (including phenoxy) is 2. The molecule has 1 spiro atoms. The Labute approximate surface area is 149 Å². The first-order chi connectivity index (χ1) is 12.1. The molecule has 4 heteroatoms. The maximum Gasteiger partial charge on any atom is 0.303 e. The number of aryl methyl sites for hydroxylation is 1. The van der Waals surface area contributed by atoms with Crippen LogP contribution >= 0.6 is 0 Å². The second-order valence-corrected chi connectivity index (χ2v) is 7.39. The van der Waals surface area contributed by atoms with Gasteiger partial charge in [-0.15, -0.1) is 0 Å². The molecule has 0 atom stereocenters. The summed E-state index contributed by atoms with van der Waals surface area (Å²) in [6.07, 6.45) is 12.2. The third-order valence-electron chi connectivity index (χ3n) is 5.55. The maximum absolute atomic E-state index is 10.7. The van der Waals surface area contributed by atoms with E-state index in [2.05, 4.69) is 6.08 Å². The lowest BCUT2D eigenvalue weighted by Gasteiger charge is -2.31. The number of aliphatic carboxylic acids is 1. The molecule has 25 heavy (non-hydrogen) atoms. The molecule has 0 heterocycles. The van der Waals surface area contributed by atoms with Gasteiger partial charge in [-0.2, -0.15) is 0 Å². The molecule has 4 nitrogen and oxygen atoms in total. The zero-order valence-electron chi connectivity index (χ0n) is 15.1. The summed E-state index contributed by atoms with van der Waals surface area (Å²) < 4.78 is 11.5. The van der Waals surface area contributed by atoms with Crippen LogP contribution in [0.25, 0.3) is 0 Å². The van der Waals surface area contributed by atoms with Crippen molar-refractivity contribution in [3.63, 3.8) is 0 Å². The third kappa shape index (κ3) is 4.56. The van der Waals surface area contributed by atoms with Gasteiger partial charge in [0.15, 0.2) is 11.5 Å². The lowest BCUT2D eigenvalue weighted by Crippen LogP contribution is -2.19. The summed E-state index contributed by atoms with van der Waals surface area (Å²) in [5.74, 6) is 0.618. The Kier molecular flexibility index (Phi) is 5.67. The molecule has 1 aromatic rings. The average Bonchev–Trinajstić information content (AvgIpc) is 3.06. The van der Waals surface area contributed by atoms with E-state index in [9.17, 15) is 4.79 Å². The number of carboxylic acids is 1. The molecule has 2 aliphatic rings. The first-order valence-electron chi connectivity index (χ1n) is 9.32. The molecule has 1 saturated carbocycles. The highest BCUT2D eigenvalue weighted by Gasteiger charge is 2.33. The fourth-order valence-corrected chi connectivity index (χ4v) is 4.24. The number of benzene rings is 1. The molecule has 1 aromatic carbocycles. The summed E-state index contributed by atoms with van der Waals surface area (Å²) in [5.41, 5.74) is 2.81. The van der Waals surface area contributed by atoms with Crippen molar-refractivity contribution in [3.8, 4) is 11.5 Å². The molecule has 0 bridgehead atoms. The predicted octanol–water partition coefficient (Wildman–Crippen LogP) is 4.76. The molecule has 2 aliphatic carbocycles. The van der Waals surface area contributed by atoms with E-state index < -0.39 is 5.97 Å². The minimum atomic E-state index is -0.788. The Morgan fingerprint density at radius 3 is 2.64 bits per heavy atom. The number of hydrogen-bond donors (Lipinski definition) is 1. The van der Waals surface area contributed by atoms with Gasteiger partial charge >= 0.3 is 5.97 Å². The van der Waals surface area contributed by atoms with Gasteiger partial charge in [-0.1, -0.05) is 25.0 Å². The molecular formula is C21H28O4. The van der Waals surface area contributed by atoms with Gasteiger partial charge in [-0.3, -0.25) is 4.79 Å². The Balaban J connectivity index is 1.64. The van der Waals surface area contributed by atoms with Crippen molar-refractivity contribution in [2.24, 2.45) is 5.41 Å². The van der Waals surface area contributed by atoms with Crippen molar-refractivity contribution in [3.05, 3.63) is 35.4 Å². The van der Waals surface area contributed by atoms with Crippen LogP contribution in [0.2, 0.25) is 0 Å². The molecule has 1 N–H and O–H groups in total. The van der Waals surface area contributed by atoms with Crippen molar-refractivity contribution in [1.82, 2.24) is 0 Å². The molecule has 0 aromatic heterocycles. The van der Waals surface area contributed by atoms with Gasteiger partial charge in [-0.05, 0) is 67.2 Å². The zero-order valence-corrected chi connectivity index (χ0v) is 15.1. The topological polar surface area (TPSA) is 55.8 Å². The summed E-state index contributed by atoms with van der Waals surface area (Å²) in [7, 11) is 1.62. The van der Waals surface area contributed by atoms with E-state index in [0.29, 0.717) is 24.2 Å². The van der Waals surface area contributed by atoms with Crippen LogP contribution in [0.5, 0.6) is 11.5 Å². The normalized spacial score (nSPS) is 18.8. The second kappa shape index (κ2) is 7.94. The fourth-order valence-electron chi connectivity index (χ4n) is 4.24. The van der Waals surface area contributed by atoms with Crippen LogP contribution in [-0.4, -0.2) is 24.8 Å². The summed E-state index contributed by atoms with van der Waals surface area (Å²) in [6.45, 7) is 0.618.